The van der Waals surface area contributed by atoms with E-state index in [1.54, 1.807) is 24.1 Å². The summed E-state index contributed by atoms with van der Waals surface area (Å²) in [7, 11) is 3.19. The highest BCUT2D eigenvalue weighted by Gasteiger charge is 2.23. The maximum absolute atomic E-state index is 12.2. The summed E-state index contributed by atoms with van der Waals surface area (Å²) >= 11 is 0. The zero-order chi connectivity index (χ0) is 14.5. The van der Waals surface area contributed by atoms with Crippen LogP contribution in [0.15, 0.2) is 12.4 Å². The average molecular weight is 280 g/mol. The van der Waals surface area contributed by atoms with E-state index in [2.05, 4.69) is 14.7 Å². The van der Waals surface area contributed by atoms with E-state index in [1.807, 2.05) is 4.90 Å². The maximum atomic E-state index is 12.2. The van der Waals surface area contributed by atoms with Crippen molar-refractivity contribution in [2.24, 2.45) is 7.05 Å². The number of aromatic nitrogens is 2. The lowest BCUT2D eigenvalue weighted by Crippen LogP contribution is -2.49. The minimum atomic E-state index is -0.195. The number of nitrogens with zero attached hydrogens (tertiary/aromatic N) is 4. The molecule has 0 aliphatic carbocycles. The monoisotopic (exact) mass is 280 g/mol. The summed E-state index contributed by atoms with van der Waals surface area (Å²) in [6.07, 6.45) is 3.71. The molecule has 7 nitrogen and oxygen atoms in total. The Labute approximate surface area is 118 Å². The molecule has 1 aromatic heterocycles. The van der Waals surface area contributed by atoms with Crippen molar-refractivity contribution in [3.05, 3.63) is 18.0 Å². The van der Waals surface area contributed by atoms with Crippen LogP contribution in [-0.2, 0) is 16.6 Å². The molecule has 1 aromatic rings. The van der Waals surface area contributed by atoms with Gasteiger partial charge in [-0.25, -0.2) is 0 Å². The van der Waals surface area contributed by atoms with Crippen molar-refractivity contribution in [3.8, 4) is 0 Å². The molecule has 20 heavy (non-hydrogen) atoms. The normalized spacial score (nSPS) is 16.2. The van der Waals surface area contributed by atoms with Gasteiger partial charge in [0.2, 0.25) is 0 Å². The molecule has 0 bridgehead atoms. The molecule has 0 aromatic carbocycles. The molecular weight excluding hydrogens is 260 g/mol. The van der Waals surface area contributed by atoms with Gasteiger partial charge in [-0.15, -0.1) is 0 Å². The molecule has 1 aliphatic heterocycles. The van der Waals surface area contributed by atoms with E-state index < -0.39 is 0 Å². The average Bonchev–Trinajstić information content (AvgIpc) is 2.91. The van der Waals surface area contributed by atoms with Crippen molar-refractivity contribution >= 4 is 11.9 Å². The first-order valence-electron chi connectivity index (χ1n) is 6.67. The zero-order valence-corrected chi connectivity index (χ0v) is 11.9. The Balaban J connectivity index is 1.79. The molecule has 0 radical (unpaired) electrons. The molecule has 1 aliphatic rings. The van der Waals surface area contributed by atoms with Crippen LogP contribution in [0.5, 0.6) is 0 Å². The highest BCUT2D eigenvalue weighted by atomic mass is 16.5. The van der Waals surface area contributed by atoms with Crippen LogP contribution in [0.2, 0.25) is 0 Å². The maximum Gasteiger partial charge on any atom is 0.306 e. The Kier molecular flexibility index (Phi) is 4.73. The van der Waals surface area contributed by atoms with Crippen molar-refractivity contribution in [1.29, 1.82) is 0 Å². The number of carbonyl (C=O) groups excluding carboxylic acids is 2. The van der Waals surface area contributed by atoms with Crippen molar-refractivity contribution in [3.63, 3.8) is 0 Å². The third-order valence-electron chi connectivity index (χ3n) is 3.47. The Morgan fingerprint density at radius 3 is 2.55 bits per heavy atom. The van der Waals surface area contributed by atoms with Crippen LogP contribution in [0, 0.1) is 0 Å². The van der Waals surface area contributed by atoms with Crippen LogP contribution < -0.4 is 0 Å². The van der Waals surface area contributed by atoms with E-state index in [4.69, 9.17) is 0 Å². The standard InChI is InChI=1S/C13H20N4O3/c1-15-10-11(9-14-15)13(19)17-7-5-16(6-8-17)4-3-12(18)20-2/h9-10H,3-8H2,1-2H3. The summed E-state index contributed by atoms with van der Waals surface area (Å²) in [6, 6.07) is 0. The van der Waals surface area contributed by atoms with Gasteiger partial charge in [0, 0.05) is 46.0 Å². The Morgan fingerprint density at radius 2 is 2.00 bits per heavy atom. The van der Waals surface area contributed by atoms with Gasteiger partial charge in [-0.1, -0.05) is 0 Å². The van der Waals surface area contributed by atoms with Crippen molar-refractivity contribution in [1.82, 2.24) is 19.6 Å². The molecule has 7 heteroatoms. The number of hydrogen-bond acceptors (Lipinski definition) is 5. The topological polar surface area (TPSA) is 67.7 Å². The van der Waals surface area contributed by atoms with Crippen LogP contribution in [0.25, 0.3) is 0 Å². The predicted octanol–water partition coefficient (Wildman–Crippen LogP) is -0.259. The second kappa shape index (κ2) is 6.51. The van der Waals surface area contributed by atoms with Gasteiger partial charge in [0.25, 0.3) is 5.91 Å². The fraction of sp³-hybridized carbons (Fsp3) is 0.615. The number of amides is 1. The molecule has 1 fully saturated rings. The fourth-order valence-electron chi connectivity index (χ4n) is 2.24. The van der Waals surface area contributed by atoms with Crippen molar-refractivity contribution in [2.75, 3.05) is 39.8 Å². The molecule has 0 unspecified atom stereocenters. The van der Waals surface area contributed by atoms with E-state index in [9.17, 15) is 9.59 Å². The fourth-order valence-corrected chi connectivity index (χ4v) is 2.24. The van der Waals surface area contributed by atoms with E-state index in [1.165, 1.54) is 7.11 Å². The second-order valence-electron chi connectivity index (χ2n) is 4.86. The molecular formula is C13H20N4O3. The van der Waals surface area contributed by atoms with Crippen LogP contribution in [0.4, 0.5) is 0 Å². The number of hydrogen-bond donors (Lipinski definition) is 0. The third kappa shape index (κ3) is 3.57. The molecule has 0 N–H and O–H groups in total. The number of ether oxygens (including phenoxy) is 1. The lowest BCUT2D eigenvalue weighted by molar-refractivity contribution is -0.141. The molecule has 1 amide bonds. The van der Waals surface area contributed by atoms with Crippen LogP contribution >= 0.6 is 0 Å². The van der Waals surface area contributed by atoms with Gasteiger partial charge >= 0.3 is 5.97 Å². The van der Waals surface area contributed by atoms with Gasteiger partial charge < -0.3 is 9.64 Å². The smallest absolute Gasteiger partial charge is 0.306 e. The number of piperazine rings is 1. The van der Waals surface area contributed by atoms with Gasteiger partial charge in [-0.05, 0) is 0 Å². The Hall–Kier alpha value is -1.89. The first-order chi connectivity index (χ1) is 9.60. The number of aryl methyl sites for hydroxylation is 1. The minimum Gasteiger partial charge on any atom is -0.469 e. The second-order valence-corrected chi connectivity index (χ2v) is 4.86. The number of esters is 1. The van der Waals surface area contributed by atoms with Gasteiger partial charge in [-0.3, -0.25) is 19.2 Å². The van der Waals surface area contributed by atoms with Crippen LogP contribution in [0.1, 0.15) is 16.8 Å². The van der Waals surface area contributed by atoms with Crippen molar-refractivity contribution in [2.45, 2.75) is 6.42 Å². The van der Waals surface area contributed by atoms with Gasteiger partial charge in [0.05, 0.1) is 25.3 Å². The number of rotatable bonds is 4. The zero-order valence-electron chi connectivity index (χ0n) is 11.9. The summed E-state index contributed by atoms with van der Waals surface area (Å²) in [6.45, 7) is 3.59. The van der Waals surface area contributed by atoms with E-state index in [0.717, 1.165) is 13.1 Å². The first-order valence-corrected chi connectivity index (χ1v) is 6.67. The largest absolute Gasteiger partial charge is 0.469 e. The molecule has 0 saturated carbocycles. The molecule has 110 valence electrons. The number of methoxy groups -OCH3 is 1. The highest BCUT2D eigenvalue weighted by Crippen LogP contribution is 2.08. The summed E-state index contributed by atoms with van der Waals surface area (Å²) in [5.41, 5.74) is 0.621. The summed E-state index contributed by atoms with van der Waals surface area (Å²) < 4.78 is 6.25. The molecule has 2 heterocycles. The van der Waals surface area contributed by atoms with Gasteiger partial charge in [0.15, 0.2) is 0 Å². The predicted molar refractivity (Wildman–Crippen MR) is 72.2 cm³/mol. The molecule has 2 rings (SSSR count). The summed E-state index contributed by atoms with van der Waals surface area (Å²) in [5, 5.41) is 4.01. The van der Waals surface area contributed by atoms with Crippen LogP contribution in [-0.4, -0.2) is 71.3 Å². The summed E-state index contributed by atoms with van der Waals surface area (Å²) in [4.78, 5) is 27.3. The van der Waals surface area contributed by atoms with E-state index in [-0.39, 0.29) is 11.9 Å². The van der Waals surface area contributed by atoms with Crippen LogP contribution in [0.3, 0.4) is 0 Å². The molecule has 0 atom stereocenters. The lowest BCUT2D eigenvalue weighted by Gasteiger charge is -2.34. The van der Waals surface area contributed by atoms with Crippen molar-refractivity contribution < 1.29 is 14.3 Å². The molecule has 1 saturated heterocycles. The Morgan fingerprint density at radius 1 is 1.30 bits per heavy atom. The SMILES string of the molecule is COC(=O)CCN1CCN(C(=O)c2cnn(C)c2)CC1. The van der Waals surface area contributed by atoms with E-state index >= 15 is 0 Å². The quantitative estimate of drug-likeness (QED) is 0.711. The summed E-state index contributed by atoms with van der Waals surface area (Å²) in [5.74, 6) is -0.176. The highest BCUT2D eigenvalue weighted by molar-refractivity contribution is 5.93. The Bertz CT molecular complexity index is 478. The number of carbonyl (C=O) groups is 2. The minimum absolute atomic E-state index is 0.0192. The first kappa shape index (κ1) is 14.5. The van der Waals surface area contributed by atoms with E-state index in [0.29, 0.717) is 31.6 Å². The molecule has 0 spiro atoms. The lowest BCUT2D eigenvalue weighted by atomic mass is 10.2. The third-order valence-corrected chi connectivity index (χ3v) is 3.47. The van der Waals surface area contributed by atoms with Gasteiger partial charge in [0.1, 0.15) is 0 Å². The van der Waals surface area contributed by atoms with Gasteiger partial charge in [-0.2, -0.15) is 5.10 Å².